The van der Waals surface area contributed by atoms with Crippen LogP contribution >= 0.6 is 22.6 Å². The number of aryl methyl sites for hydroxylation is 1. The van der Waals surface area contributed by atoms with Gasteiger partial charge in [-0.2, -0.15) is 0 Å². The molecule has 1 aromatic heterocycles. The first kappa shape index (κ1) is 11.7. The smallest absolute Gasteiger partial charge is 0.190 e. The third-order valence-electron chi connectivity index (χ3n) is 2.82. The predicted molar refractivity (Wildman–Crippen MR) is 78.3 cm³/mol. The van der Waals surface area contributed by atoms with Crippen molar-refractivity contribution in [3.63, 3.8) is 0 Å². The van der Waals surface area contributed by atoms with Crippen LogP contribution in [-0.2, 0) is 6.42 Å². The molecule has 2 aromatic rings. The molecule has 18 heavy (non-hydrogen) atoms. The lowest BCUT2D eigenvalue weighted by molar-refractivity contribution is 0.288. The summed E-state index contributed by atoms with van der Waals surface area (Å²) in [7, 11) is 0. The lowest BCUT2D eigenvalue weighted by atomic mass is 10.1. The molecule has 0 aliphatic carbocycles. The maximum atomic E-state index is 5.59. The third kappa shape index (κ3) is 2.55. The zero-order chi connectivity index (χ0) is 12.4. The quantitative estimate of drug-likeness (QED) is 0.666. The molecule has 0 saturated carbocycles. The summed E-state index contributed by atoms with van der Waals surface area (Å²) in [6, 6.07) is 6.17. The van der Waals surface area contributed by atoms with Crippen LogP contribution in [0.3, 0.4) is 0 Å². The lowest BCUT2D eigenvalue weighted by Crippen LogP contribution is -2.08. The van der Waals surface area contributed by atoms with Crippen molar-refractivity contribution in [3.8, 4) is 5.75 Å². The summed E-state index contributed by atoms with van der Waals surface area (Å²) < 4.78 is 6.34. The molecule has 2 heterocycles. The van der Waals surface area contributed by atoms with E-state index in [-0.39, 0.29) is 0 Å². The summed E-state index contributed by atoms with van der Waals surface area (Å²) in [6.07, 6.45) is 5.73. The van der Waals surface area contributed by atoms with E-state index in [2.05, 4.69) is 43.9 Å². The molecule has 1 aromatic carbocycles. The number of nitrogens with zero attached hydrogens (tertiary/aromatic N) is 2. The Hall–Kier alpha value is -1.37. The molecule has 1 aliphatic rings. The monoisotopic (exact) mass is 353 g/mol. The largest absolute Gasteiger partial charge is 0.493 e. The zero-order valence-corrected chi connectivity index (χ0v) is 11.8. The average molecular weight is 353 g/mol. The predicted octanol–water partition coefficient (Wildman–Crippen LogP) is 3.15. The number of hydrogen-bond acceptors (Lipinski definition) is 4. The molecule has 0 amide bonds. The number of fused-ring (bicyclic) bond motifs is 1. The second-order valence-corrected chi connectivity index (χ2v) is 5.11. The maximum absolute atomic E-state index is 5.59. The molecule has 0 saturated heterocycles. The minimum absolute atomic E-state index is 0.747. The minimum atomic E-state index is 0.747. The average Bonchev–Trinajstić information content (AvgIpc) is 2.41. The van der Waals surface area contributed by atoms with Gasteiger partial charge >= 0.3 is 0 Å². The Bertz CT molecular complexity index is 557. The Morgan fingerprint density at radius 1 is 1.17 bits per heavy atom. The Morgan fingerprint density at radius 2 is 2.00 bits per heavy atom. The van der Waals surface area contributed by atoms with Crippen LogP contribution in [0.2, 0.25) is 0 Å². The van der Waals surface area contributed by atoms with Crippen molar-refractivity contribution >= 4 is 34.0 Å². The van der Waals surface area contributed by atoms with E-state index in [9.17, 15) is 0 Å². The fraction of sp³-hybridized carbons (Fsp3) is 0.231. The molecule has 0 spiro atoms. The van der Waals surface area contributed by atoms with Crippen molar-refractivity contribution in [2.45, 2.75) is 12.8 Å². The van der Waals surface area contributed by atoms with Crippen LogP contribution in [0.25, 0.3) is 0 Å². The second kappa shape index (κ2) is 5.09. The number of halogens is 1. The van der Waals surface area contributed by atoms with Crippen LogP contribution in [0.1, 0.15) is 12.0 Å². The van der Waals surface area contributed by atoms with Crippen molar-refractivity contribution in [1.29, 1.82) is 0 Å². The van der Waals surface area contributed by atoms with E-state index in [0.29, 0.717) is 0 Å². The van der Waals surface area contributed by atoms with E-state index in [4.69, 9.17) is 4.74 Å². The molecular weight excluding hydrogens is 341 g/mol. The summed E-state index contributed by atoms with van der Waals surface area (Å²) in [5.74, 6) is 1.01. The van der Waals surface area contributed by atoms with Gasteiger partial charge in [0, 0.05) is 28.3 Å². The second-order valence-electron chi connectivity index (χ2n) is 4.14. The summed E-state index contributed by atoms with van der Waals surface area (Å²) >= 11 is 2.09. The van der Waals surface area contributed by atoms with Gasteiger partial charge in [-0.25, -0.2) is 9.97 Å². The van der Waals surface area contributed by atoms with Gasteiger partial charge in [0.25, 0.3) is 0 Å². The van der Waals surface area contributed by atoms with Gasteiger partial charge in [-0.3, -0.25) is 0 Å². The number of benzene rings is 1. The first-order valence-corrected chi connectivity index (χ1v) is 6.89. The minimum Gasteiger partial charge on any atom is -0.493 e. The van der Waals surface area contributed by atoms with Gasteiger partial charge in [-0.05, 0) is 36.6 Å². The molecule has 0 fully saturated rings. The highest BCUT2D eigenvalue weighted by atomic mass is 127. The van der Waals surface area contributed by atoms with Gasteiger partial charge in [0.2, 0.25) is 0 Å². The van der Waals surface area contributed by atoms with E-state index in [1.807, 2.05) is 12.1 Å². The van der Waals surface area contributed by atoms with Crippen LogP contribution in [0.5, 0.6) is 5.75 Å². The number of hydrogen-bond donors (Lipinski definition) is 1. The Kier molecular flexibility index (Phi) is 3.31. The normalized spacial score (nSPS) is 13.6. The van der Waals surface area contributed by atoms with Crippen molar-refractivity contribution in [2.75, 3.05) is 11.9 Å². The van der Waals surface area contributed by atoms with E-state index in [0.717, 1.165) is 40.4 Å². The fourth-order valence-electron chi connectivity index (χ4n) is 1.98. The maximum Gasteiger partial charge on any atom is 0.190 e. The van der Waals surface area contributed by atoms with Gasteiger partial charge in [-0.1, -0.05) is 0 Å². The zero-order valence-electron chi connectivity index (χ0n) is 9.69. The Balaban J connectivity index is 1.82. The van der Waals surface area contributed by atoms with Crippen molar-refractivity contribution < 1.29 is 4.74 Å². The number of rotatable bonds is 2. The molecule has 4 nitrogen and oxygen atoms in total. The molecule has 92 valence electrons. The van der Waals surface area contributed by atoms with Crippen LogP contribution in [0.4, 0.5) is 11.4 Å². The van der Waals surface area contributed by atoms with Gasteiger partial charge < -0.3 is 10.1 Å². The standard InChI is InChI=1S/C13H12IN3O/c14-13-15-7-11(8-16-13)17-10-3-4-12-9(6-10)2-1-5-18-12/h3-4,6-8,17H,1-2,5H2. The van der Waals surface area contributed by atoms with Crippen LogP contribution < -0.4 is 10.1 Å². The van der Waals surface area contributed by atoms with E-state index < -0.39 is 0 Å². The topological polar surface area (TPSA) is 47.0 Å². The number of anilines is 2. The van der Waals surface area contributed by atoms with Crippen LogP contribution in [0.15, 0.2) is 30.6 Å². The lowest BCUT2D eigenvalue weighted by Gasteiger charge is -2.18. The summed E-state index contributed by atoms with van der Waals surface area (Å²) in [5, 5.41) is 3.30. The molecule has 0 bridgehead atoms. The molecule has 1 N–H and O–H groups in total. The summed E-state index contributed by atoms with van der Waals surface area (Å²) in [5.41, 5.74) is 3.20. The highest BCUT2D eigenvalue weighted by Crippen LogP contribution is 2.28. The highest BCUT2D eigenvalue weighted by molar-refractivity contribution is 14.1. The van der Waals surface area contributed by atoms with Crippen molar-refractivity contribution in [2.24, 2.45) is 0 Å². The van der Waals surface area contributed by atoms with Crippen molar-refractivity contribution in [1.82, 2.24) is 9.97 Å². The van der Waals surface area contributed by atoms with Gasteiger partial charge in [0.05, 0.1) is 24.7 Å². The summed E-state index contributed by atoms with van der Waals surface area (Å²) in [4.78, 5) is 8.30. The Morgan fingerprint density at radius 3 is 2.83 bits per heavy atom. The highest BCUT2D eigenvalue weighted by Gasteiger charge is 2.10. The van der Waals surface area contributed by atoms with Gasteiger partial charge in [0.1, 0.15) is 5.75 Å². The molecule has 1 aliphatic heterocycles. The molecule has 5 heteroatoms. The van der Waals surface area contributed by atoms with Crippen LogP contribution in [0, 0.1) is 3.83 Å². The first-order chi connectivity index (χ1) is 8.81. The first-order valence-electron chi connectivity index (χ1n) is 5.81. The number of ether oxygens (including phenoxy) is 1. The van der Waals surface area contributed by atoms with E-state index >= 15 is 0 Å². The molecular formula is C13H12IN3O. The van der Waals surface area contributed by atoms with Crippen molar-refractivity contribution in [3.05, 3.63) is 40.0 Å². The Labute approximate surface area is 119 Å². The third-order valence-corrected chi connectivity index (χ3v) is 3.37. The van der Waals surface area contributed by atoms with Crippen LogP contribution in [-0.4, -0.2) is 16.6 Å². The number of nitrogens with one attached hydrogen (secondary N) is 1. The summed E-state index contributed by atoms with van der Waals surface area (Å²) in [6.45, 7) is 0.824. The molecule has 0 radical (unpaired) electrons. The molecule has 0 atom stereocenters. The molecule has 3 rings (SSSR count). The van der Waals surface area contributed by atoms with E-state index in [1.54, 1.807) is 12.4 Å². The fourth-order valence-corrected chi connectivity index (χ4v) is 2.26. The SMILES string of the molecule is Ic1ncc(Nc2ccc3c(c2)CCCO3)cn1. The van der Waals surface area contributed by atoms with Gasteiger partial charge in [-0.15, -0.1) is 0 Å². The van der Waals surface area contributed by atoms with E-state index in [1.165, 1.54) is 5.56 Å². The molecule has 0 unspecified atom stereocenters. The van der Waals surface area contributed by atoms with Gasteiger partial charge in [0.15, 0.2) is 3.83 Å². The number of aromatic nitrogens is 2.